The van der Waals surface area contributed by atoms with Crippen molar-refractivity contribution in [1.82, 2.24) is 0 Å². The Balaban J connectivity index is 5.58. The van der Waals surface area contributed by atoms with Crippen LogP contribution in [0.25, 0.3) is 0 Å². The zero-order valence-electron chi connectivity index (χ0n) is 14.2. The zero-order chi connectivity index (χ0) is 16.5. The molecular formula is C16H30O5. The molecule has 0 aliphatic rings. The van der Waals surface area contributed by atoms with Crippen molar-refractivity contribution >= 4 is 11.9 Å². The number of ether oxygens (including phenoxy) is 3. The molecule has 0 heterocycles. The van der Waals surface area contributed by atoms with Gasteiger partial charge in [-0.2, -0.15) is 0 Å². The predicted octanol–water partition coefficient (Wildman–Crippen LogP) is 2.82. The van der Waals surface area contributed by atoms with Gasteiger partial charge in [0.05, 0.1) is 13.2 Å². The maximum absolute atomic E-state index is 12.6. The van der Waals surface area contributed by atoms with Crippen molar-refractivity contribution in [1.29, 1.82) is 0 Å². The van der Waals surface area contributed by atoms with Gasteiger partial charge in [0, 0.05) is 13.7 Å². The zero-order valence-corrected chi connectivity index (χ0v) is 14.2. The summed E-state index contributed by atoms with van der Waals surface area (Å²) in [6.07, 6.45) is 1.01. The van der Waals surface area contributed by atoms with E-state index in [-0.39, 0.29) is 25.0 Å². The average molecular weight is 302 g/mol. The molecule has 0 aliphatic heterocycles. The molecule has 21 heavy (non-hydrogen) atoms. The number of esters is 2. The fraction of sp³-hybridized carbons (Fsp3) is 0.875. The third-order valence-electron chi connectivity index (χ3n) is 3.61. The van der Waals surface area contributed by atoms with Crippen LogP contribution < -0.4 is 0 Å². The minimum Gasteiger partial charge on any atom is -0.465 e. The van der Waals surface area contributed by atoms with Crippen molar-refractivity contribution in [3.05, 3.63) is 0 Å². The average Bonchev–Trinajstić information content (AvgIpc) is 2.42. The summed E-state index contributed by atoms with van der Waals surface area (Å²) in [5, 5.41) is 0. The highest BCUT2D eigenvalue weighted by Gasteiger charge is 2.52. The van der Waals surface area contributed by atoms with Gasteiger partial charge in [-0.25, -0.2) is 0 Å². The van der Waals surface area contributed by atoms with Crippen LogP contribution in [0.15, 0.2) is 0 Å². The van der Waals surface area contributed by atoms with Crippen LogP contribution >= 0.6 is 0 Å². The monoisotopic (exact) mass is 302 g/mol. The fourth-order valence-electron chi connectivity index (χ4n) is 2.56. The lowest BCUT2D eigenvalue weighted by Crippen LogP contribution is -2.48. The number of carbonyl (C=O) groups excluding carboxylic acids is 2. The molecule has 1 atom stereocenters. The largest absolute Gasteiger partial charge is 0.465 e. The van der Waals surface area contributed by atoms with Gasteiger partial charge in [0.25, 0.3) is 0 Å². The van der Waals surface area contributed by atoms with Crippen molar-refractivity contribution in [3.63, 3.8) is 0 Å². The summed E-state index contributed by atoms with van der Waals surface area (Å²) in [4.78, 5) is 25.1. The van der Waals surface area contributed by atoms with E-state index < -0.39 is 17.4 Å². The molecule has 0 aromatic heterocycles. The Kier molecular flexibility index (Phi) is 9.26. The number of carbonyl (C=O) groups is 2. The molecule has 0 aromatic carbocycles. The van der Waals surface area contributed by atoms with Gasteiger partial charge in [0.2, 0.25) is 0 Å². The van der Waals surface area contributed by atoms with Crippen LogP contribution in [0.2, 0.25) is 0 Å². The molecule has 0 aliphatic carbocycles. The molecule has 1 unspecified atom stereocenters. The summed E-state index contributed by atoms with van der Waals surface area (Å²) < 4.78 is 15.5. The quantitative estimate of drug-likeness (QED) is 0.459. The summed E-state index contributed by atoms with van der Waals surface area (Å²) >= 11 is 0. The molecule has 0 rings (SSSR count). The Morgan fingerprint density at radius 2 is 1.48 bits per heavy atom. The van der Waals surface area contributed by atoms with E-state index in [0.717, 1.165) is 0 Å². The maximum atomic E-state index is 12.6. The molecule has 0 radical (unpaired) electrons. The summed E-state index contributed by atoms with van der Waals surface area (Å²) in [6.45, 7) is 10.3. The summed E-state index contributed by atoms with van der Waals surface area (Å²) in [6, 6.07) is 0. The lowest BCUT2D eigenvalue weighted by atomic mass is 9.69. The van der Waals surface area contributed by atoms with Gasteiger partial charge < -0.3 is 14.2 Å². The smallest absolute Gasteiger partial charge is 0.323 e. The minimum absolute atomic E-state index is 0.170. The predicted molar refractivity (Wildman–Crippen MR) is 80.8 cm³/mol. The van der Waals surface area contributed by atoms with Crippen molar-refractivity contribution in [3.8, 4) is 0 Å². The Bertz CT molecular complexity index is 307. The lowest BCUT2D eigenvalue weighted by molar-refractivity contribution is -0.178. The van der Waals surface area contributed by atoms with E-state index in [1.54, 1.807) is 21.0 Å². The first kappa shape index (κ1) is 19.9. The lowest BCUT2D eigenvalue weighted by Gasteiger charge is -2.35. The van der Waals surface area contributed by atoms with Gasteiger partial charge in [-0.15, -0.1) is 0 Å². The second-order valence-corrected chi connectivity index (χ2v) is 5.69. The molecule has 5 heteroatoms. The second-order valence-electron chi connectivity index (χ2n) is 5.69. The summed E-state index contributed by atoms with van der Waals surface area (Å²) in [5.41, 5.74) is -1.25. The second kappa shape index (κ2) is 9.77. The SMILES string of the molecule is CCOC(=O)C(CC(C)C)(C(=O)OCC)C(C)CCOC. The van der Waals surface area contributed by atoms with Crippen molar-refractivity contribution in [2.45, 2.75) is 47.5 Å². The Morgan fingerprint density at radius 1 is 1.00 bits per heavy atom. The molecule has 5 nitrogen and oxygen atoms in total. The molecule has 124 valence electrons. The molecule has 0 bridgehead atoms. The number of hydrogen-bond acceptors (Lipinski definition) is 5. The van der Waals surface area contributed by atoms with E-state index >= 15 is 0 Å². The molecule has 0 fully saturated rings. The van der Waals surface area contributed by atoms with Crippen molar-refractivity contribution < 1.29 is 23.8 Å². The highest BCUT2D eigenvalue weighted by Crippen LogP contribution is 2.39. The standard InChI is InChI=1S/C16H30O5/c1-7-20-14(17)16(11-12(3)4,15(18)21-8-2)13(5)9-10-19-6/h12-13H,7-11H2,1-6H3. The van der Waals surface area contributed by atoms with E-state index in [0.29, 0.717) is 19.4 Å². The van der Waals surface area contributed by atoms with Gasteiger partial charge in [0.15, 0.2) is 5.41 Å². The highest BCUT2D eigenvalue weighted by atomic mass is 16.6. The Morgan fingerprint density at radius 3 is 1.81 bits per heavy atom. The highest BCUT2D eigenvalue weighted by molar-refractivity contribution is 6.00. The topological polar surface area (TPSA) is 61.8 Å². The van der Waals surface area contributed by atoms with Gasteiger partial charge in [0.1, 0.15) is 0 Å². The molecular weight excluding hydrogens is 272 g/mol. The van der Waals surface area contributed by atoms with Crippen LogP contribution in [0, 0.1) is 17.3 Å². The fourth-order valence-corrected chi connectivity index (χ4v) is 2.56. The van der Waals surface area contributed by atoms with E-state index in [1.807, 2.05) is 20.8 Å². The van der Waals surface area contributed by atoms with Crippen LogP contribution in [0.4, 0.5) is 0 Å². The minimum atomic E-state index is -1.25. The van der Waals surface area contributed by atoms with E-state index in [1.165, 1.54) is 0 Å². The summed E-state index contributed by atoms with van der Waals surface area (Å²) in [7, 11) is 1.60. The first-order valence-corrected chi connectivity index (χ1v) is 7.70. The number of rotatable bonds is 10. The van der Waals surface area contributed by atoms with Crippen LogP contribution in [-0.2, 0) is 23.8 Å². The van der Waals surface area contributed by atoms with Crippen molar-refractivity contribution in [2.75, 3.05) is 26.9 Å². The van der Waals surface area contributed by atoms with E-state index in [9.17, 15) is 9.59 Å². The molecule has 0 N–H and O–H groups in total. The van der Waals surface area contributed by atoms with E-state index in [2.05, 4.69) is 0 Å². The van der Waals surface area contributed by atoms with Crippen molar-refractivity contribution in [2.24, 2.45) is 17.3 Å². The van der Waals surface area contributed by atoms with Gasteiger partial charge in [-0.05, 0) is 38.5 Å². The Labute approximate surface area is 128 Å². The Hall–Kier alpha value is -1.10. The molecule has 0 saturated carbocycles. The van der Waals surface area contributed by atoms with E-state index in [4.69, 9.17) is 14.2 Å². The first-order valence-electron chi connectivity index (χ1n) is 7.70. The molecule has 0 aromatic rings. The summed E-state index contributed by atoms with van der Waals surface area (Å²) in [5.74, 6) is -1.01. The van der Waals surface area contributed by atoms with Crippen LogP contribution in [-0.4, -0.2) is 38.9 Å². The third kappa shape index (κ3) is 5.30. The van der Waals surface area contributed by atoms with Crippen LogP contribution in [0.5, 0.6) is 0 Å². The molecule has 0 saturated heterocycles. The maximum Gasteiger partial charge on any atom is 0.323 e. The number of hydrogen-bond donors (Lipinski definition) is 0. The molecule has 0 amide bonds. The van der Waals surface area contributed by atoms with Crippen LogP contribution in [0.1, 0.15) is 47.5 Å². The van der Waals surface area contributed by atoms with Crippen LogP contribution in [0.3, 0.4) is 0 Å². The number of methoxy groups -OCH3 is 1. The molecule has 0 spiro atoms. The van der Waals surface area contributed by atoms with Gasteiger partial charge in [-0.3, -0.25) is 9.59 Å². The first-order chi connectivity index (χ1) is 9.86. The normalized spacial score (nSPS) is 13.1. The third-order valence-corrected chi connectivity index (χ3v) is 3.61. The van der Waals surface area contributed by atoms with Gasteiger partial charge in [-0.1, -0.05) is 20.8 Å². The van der Waals surface area contributed by atoms with Gasteiger partial charge >= 0.3 is 11.9 Å².